The summed E-state index contributed by atoms with van der Waals surface area (Å²) in [6.45, 7) is 2.36. The monoisotopic (exact) mass is 304 g/mol. The lowest BCUT2D eigenvalue weighted by Crippen LogP contribution is -2.45. The van der Waals surface area contributed by atoms with Crippen LogP contribution in [0.5, 0.6) is 0 Å². The first-order valence-electron chi connectivity index (χ1n) is 6.10. The molecule has 1 aromatic carbocycles. The van der Waals surface area contributed by atoms with E-state index < -0.39 is 10.0 Å². The molecule has 106 valence electrons. The number of rotatable bonds is 5. The predicted octanol–water partition coefficient (Wildman–Crippen LogP) is 0.748. The van der Waals surface area contributed by atoms with Crippen LogP contribution >= 0.6 is 11.6 Å². The molecule has 5 nitrogen and oxygen atoms in total. The first-order valence-corrected chi connectivity index (χ1v) is 8.13. The van der Waals surface area contributed by atoms with Crippen LogP contribution in [0.25, 0.3) is 0 Å². The summed E-state index contributed by atoms with van der Waals surface area (Å²) >= 11 is 5.95. The third-order valence-electron chi connectivity index (χ3n) is 2.84. The normalized spacial score (nSPS) is 20.4. The summed E-state index contributed by atoms with van der Waals surface area (Å²) in [5, 5.41) is 3.61. The molecule has 1 aliphatic rings. The second kappa shape index (κ2) is 6.67. The van der Waals surface area contributed by atoms with Gasteiger partial charge in [-0.15, -0.1) is 0 Å². The molecule has 0 bridgehead atoms. The maximum atomic E-state index is 11.9. The highest BCUT2D eigenvalue weighted by molar-refractivity contribution is 7.88. The average molecular weight is 305 g/mol. The van der Waals surface area contributed by atoms with Gasteiger partial charge in [0.15, 0.2) is 0 Å². The van der Waals surface area contributed by atoms with Crippen molar-refractivity contribution < 1.29 is 13.2 Å². The van der Waals surface area contributed by atoms with E-state index in [1.54, 1.807) is 24.3 Å². The molecule has 0 amide bonds. The Balaban J connectivity index is 1.90. The topological polar surface area (TPSA) is 67.4 Å². The lowest BCUT2D eigenvalue weighted by atomic mass is 10.2. The van der Waals surface area contributed by atoms with E-state index in [2.05, 4.69) is 10.0 Å². The smallest absolute Gasteiger partial charge is 0.215 e. The fourth-order valence-corrected chi connectivity index (χ4v) is 3.33. The summed E-state index contributed by atoms with van der Waals surface area (Å²) in [5.41, 5.74) is 0.597. The summed E-state index contributed by atoms with van der Waals surface area (Å²) in [6, 6.07) is 6.93. The Hall–Kier alpha value is -0.660. The minimum Gasteiger partial charge on any atom is -0.374 e. The Bertz CT molecular complexity index is 515. The van der Waals surface area contributed by atoms with Gasteiger partial charge in [0.2, 0.25) is 10.0 Å². The molecule has 1 atom stereocenters. The van der Waals surface area contributed by atoms with Gasteiger partial charge in [0, 0.05) is 24.7 Å². The SMILES string of the molecule is O=S(=O)(Cc1ccccc1Cl)NC[C@H]1CNCCO1. The third kappa shape index (κ3) is 4.74. The molecule has 0 radical (unpaired) electrons. The van der Waals surface area contributed by atoms with Crippen LogP contribution in [0.2, 0.25) is 5.02 Å². The maximum absolute atomic E-state index is 11.9. The zero-order valence-electron chi connectivity index (χ0n) is 10.4. The van der Waals surface area contributed by atoms with E-state index in [1.807, 2.05) is 0 Å². The van der Waals surface area contributed by atoms with Crippen molar-refractivity contribution in [1.29, 1.82) is 0 Å². The van der Waals surface area contributed by atoms with E-state index in [9.17, 15) is 8.42 Å². The van der Waals surface area contributed by atoms with Gasteiger partial charge in [-0.05, 0) is 11.6 Å². The Kier molecular flexibility index (Phi) is 5.18. The molecule has 1 saturated heterocycles. The van der Waals surface area contributed by atoms with E-state index in [0.29, 0.717) is 23.7 Å². The van der Waals surface area contributed by atoms with Crippen LogP contribution in [-0.2, 0) is 20.5 Å². The fourth-order valence-electron chi connectivity index (χ4n) is 1.84. The summed E-state index contributed by atoms with van der Waals surface area (Å²) < 4.78 is 31.9. The number of hydrogen-bond acceptors (Lipinski definition) is 4. The van der Waals surface area contributed by atoms with Crippen LogP contribution in [0.1, 0.15) is 5.56 Å². The highest BCUT2D eigenvalue weighted by atomic mass is 35.5. The van der Waals surface area contributed by atoms with Crippen LogP contribution in [0.3, 0.4) is 0 Å². The van der Waals surface area contributed by atoms with Crippen molar-refractivity contribution in [1.82, 2.24) is 10.0 Å². The molecular weight excluding hydrogens is 288 g/mol. The molecule has 0 aromatic heterocycles. The highest BCUT2D eigenvalue weighted by Crippen LogP contribution is 2.17. The molecule has 2 rings (SSSR count). The summed E-state index contributed by atoms with van der Waals surface area (Å²) in [4.78, 5) is 0. The molecule has 0 unspecified atom stereocenters. The van der Waals surface area contributed by atoms with Gasteiger partial charge in [0.25, 0.3) is 0 Å². The Labute approximate surface area is 118 Å². The fraction of sp³-hybridized carbons (Fsp3) is 0.500. The molecule has 0 spiro atoms. The van der Waals surface area contributed by atoms with Crippen LogP contribution in [0.4, 0.5) is 0 Å². The summed E-state index contributed by atoms with van der Waals surface area (Å²) in [6.07, 6.45) is -0.116. The molecule has 1 aliphatic heterocycles. The largest absolute Gasteiger partial charge is 0.374 e. The van der Waals surface area contributed by atoms with Gasteiger partial charge in [0.05, 0.1) is 18.5 Å². The van der Waals surface area contributed by atoms with Gasteiger partial charge in [0.1, 0.15) is 0 Å². The minimum atomic E-state index is -3.40. The van der Waals surface area contributed by atoms with Crippen molar-refractivity contribution >= 4 is 21.6 Å². The first kappa shape index (κ1) is 14.7. The quantitative estimate of drug-likeness (QED) is 0.842. The summed E-state index contributed by atoms with van der Waals surface area (Å²) in [7, 11) is -3.40. The molecule has 2 N–H and O–H groups in total. The third-order valence-corrected chi connectivity index (χ3v) is 4.50. The first-order chi connectivity index (χ1) is 9.07. The minimum absolute atomic E-state index is 0.116. The molecule has 0 aliphatic carbocycles. The molecule has 7 heteroatoms. The number of hydrogen-bond donors (Lipinski definition) is 2. The van der Waals surface area contributed by atoms with Crippen molar-refractivity contribution in [3.63, 3.8) is 0 Å². The van der Waals surface area contributed by atoms with E-state index in [1.165, 1.54) is 0 Å². The van der Waals surface area contributed by atoms with Gasteiger partial charge in [-0.2, -0.15) is 0 Å². The number of morpholine rings is 1. The Morgan fingerprint density at radius 1 is 1.42 bits per heavy atom. The Morgan fingerprint density at radius 3 is 2.89 bits per heavy atom. The second-order valence-corrected chi connectivity index (χ2v) is 6.61. The molecule has 0 saturated carbocycles. The van der Waals surface area contributed by atoms with Crippen molar-refractivity contribution in [2.45, 2.75) is 11.9 Å². The Morgan fingerprint density at radius 2 is 2.21 bits per heavy atom. The molecule has 19 heavy (non-hydrogen) atoms. The maximum Gasteiger partial charge on any atom is 0.215 e. The van der Waals surface area contributed by atoms with Crippen molar-refractivity contribution in [2.24, 2.45) is 0 Å². The number of benzene rings is 1. The number of ether oxygens (including phenoxy) is 1. The second-order valence-electron chi connectivity index (χ2n) is 4.40. The molecular formula is C12H17ClN2O3S. The van der Waals surface area contributed by atoms with E-state index in [4.69, 9.17) is 16.3 Å². The predicted molar refractivity (Wildman–Crippen MR) is 74.7 cm³/mol. The lowest BCUT2D eigenvalue weighted by Gasteiger charge is -2.23. The average Bonchev–Trinajstić information content (AvgIpc) is 2.40. The molecule has 1 aromatic rings. The number of nitrogens with one attached hydrogen (secondary N) is 2. The van der Waals surface area contributed by atoms with Crippen molar-refractivity contribution in [3.05, 3.63) is 34.9 Å². The number of halogens is 1. The molecule has 1 fully saturated rings. The van der Waals surface area contributed by atoms with Gasteiger partial charge >= 0.3 is 0 Å². The zero-order valence-corrected chi connectivity index (χ0v) is 12.0. The number of sulfonamides is 1. The summed E-state index contributed by atoms with van der Waals surface area (Å²) in [5.74, 6) is -0.118. The van der Waals surface area contributed by atoms with Gasteiger partial charge < -0.3 is 10.1 Å². The molecule has 1 heterocycles. The van der Waals surface area contributed by atoms with Crippen LogP contribution in [0, 0.1) is 0 Å². The van der Waals surface area contributed by atoms with Gasteiger partial charge in [-0.3, -0.25) is 0 Å². The zero-order chi connectivity index (χ0) is 13.7. The van der Waals surface area contributed by atoms with E-state index in [0.717, 1.165) is 6.54 Å². The standard InChI is InChI=1S/C12H17ClN2O3S/c13-12-4-2-1-3-10(12)9-19(16,17)15-8-11-7-14-5-6-18-11/h1-4,11,14-15H,5-9H2/t11-/m1/s1. The van der Waals surface area contributed by atoms with Crippen molar-refractivity contribution in [3.8, 4) is 0 Å². The van der Waals surface area contributed by atoms with Crippen LogP contribution in [-0.4, -0.2) is 40.8 Å². The highest BCUT2D eigenvalue weighted by Gasteiger charge is 2.18. The van der Waals surface area contributed by atoms with Crippen LogP contribution in [0.15, 0.2) is 24.3 Å². The lowest BCUT2D eigenvalue weighted by molar-refractivity contribution is 0.0324. The van der Waals surface area contributed by atoms with Crippen LogP contribution < -0.4 is 10.0 Å². The van der Waals surface area contributed by atoms with E-state index >= 15 is 0 Å². The van der Waals surface area contributed by atoms with Gasteiger partial charge in [-0.25, -0.2) is 13.1 Å². The van der Waals surface area contributed by atoms with Crippen molar-refractivity contribution in [2.75, 3.05) is 26.2 Å². The van der Waals surface area contributed by atoms with Gasteiger partial charge in [-0.1, -0.05) is 29.8 Å². The van der Waals surface area contributed by atoms with E-state index in [-0.39, 0.29) is 18.4 Å².